The summed E-state index contributed by atoms with van der Waals surface area (Å²) in [5.41, 5.74) is 4.62. The predicted octanol–water partition coefficient (Wildman–Crippen LogP) is 6.13. The van der Waals surface area contributed by atoms with Crippen LogP contribution in [-0.2, 0) is 6.42 Å². The number of ether oxygens (including phenoxy) is 4. The SMILES string of the molecule is CCOc1ccc(/C=C2\NCCc3cc(OCC)c(OCC)cc32)cc1OCC.Cl.O=C(O)c1ccccn1. The van der Waals surface area contributed by atoms with Gasteiger partial charge in [0.25, 0.3) is 0 Å². The molecule has 39 heavy (non-hydrogen) atoms. The van der Waals surface area contributed by atoms with Gasteiger partial charge < -0.3 is 29.4 Å². The molecule has 4 rings (SSSR count). The van der Waals surface area contributed by atoms with E-state index in [-0.39, 0.29) is 18.1 Å². The number of carboxylic acids is 1. The van der Waals surface area contributed by atoms with Crippen LogP contribution in [0.15, 0.2) is 54.7 Å². The van der Waals surface area contributed by atoms with Gasteiger partial charge in [-0.05, 0) is 87.7 Å². The Morgan fingerprint density at radius 1 is 0.872 bits per heavy atom. The first-order chi connectivity index (χ1) is 18.5. The van der Waals surface area contributed by atoms with Crippen LogP contribution in [0.4, 0.5) is 0 Å². The zero-order valence-corrected chi connectivity index (χ0v) is 23.7. The number of hydrogen-bond donors (Lipinski definition) is 2. The van der Waals surface area contributed by atoms with Gasteiger partial charge in [-0.3, -0.25) is 0 Å². The zero-order valence-electron chi connectivity index (χ0n) is 22.9. The van der Waals surface area contributed by atoms with Gasteiger partial charge in [0.1, 0.15) is 5.69 Å². The van der Waals surface area contributed by atoms with E-state index in [2.05, 4.69) is 34.6 Å². The fraction of sp³-hybridized carbons (Fsp3) is 0.333. The van der Waals surface area contributed by atoms with E-state index >= 15 is 0 Å². The maximum atomic E-state index is 10.1. The monoisotopic (exact) mass is 556 g/mol. The molecule has 0 amide bonds. The maximum absolute atomic E-state index is 10.1. The molecular formula is C30H37ClN2O6. The molecule has 1 aliphatic heterocycles. The van der Waals surface area contributed by atoms with Gasteiger partial charge in [0.05, 0.1) is 26.4 Å². The maximum Gasteiger partial charge on any atom is 0.354 e. The minimum absolute atomic E-state index is 0. The van der Waals surface area contributed by atoms with Crippen molar-refractivity contribution in [3.63, 3.8) is 0 Å². The molecule has 0 spiro atoms. The molecule has 2 aromatic carbocycles. The Balaban J connectivity index is 0.000000453. The number of nitrogens with zero attached hydrogens (tertiary/aromatic N) is 1. The molecule has 2 heterocycles. The topological polar surface area (TPSA) is 99.1 Å². The third kappa shape index (κ3) is 8.82. The van der Waals surface area contributed by atoms with Crippen LogP contribution in [0.1, 0.15) is 54.9 Å². The molecule has 9 heteroatoms. The van der Waals surface area contributed by atoms with Gasteiger partial charge in [0, 0.05) is 24.0 Å². The fourth-order valence-electron chi connectivity index (χ4n) is 3.97. The summed E-state index contributed by atoms with van der Waals surface area (Å²) in [6, 6.07) is 15.0. The van der Waals surface area contributed by atoms with Gasteiger partial charge >= 0.3 is 5.97 Å². The average molecular weight is 557 g/mol. The zero-order chi connectivity index (χ0) is 27.3. The molecule has 3 aromatic rings. The summed E-state index contributed by atoms with van der Waals surface area (Å²) in [6.07, 6.45) is 4.54. The van der Waals surface area contributed by atoms with E-state index in [4.69, 9.17) is 24.1 Å². The molecule has 8 nitrogen and oxygen atoms in total. The van der Waals surface area contributed by atoms with Crippen molar-refractivity contribution < 1.29 is 28.8 Å². The summed E-state index contributed by atoms with van der Waals surface area (Å²) in [6.45, 7) is 11.2. The first-order valence-electron chi connectivity index (χ1n) is 12.9. The second kappa shape index (κ2) is 16.1. The average Bonchev–Trinajstić information content (AvgIpc) is 2.92. The lowest BCUT2D eigenvalue weighted by Gasteiger charge is -2.24. The number of aromatic nitrogens is 1. The van der Waals surface area contributed by atoms with E-state index in [1.165, 1.54) is 17.8 Å². The number of hydrogen-bond acceptors (Lipinski definition) is 7. The van der Waals surface area contributed by atoms with Crippen molar-refractivity contribution >= 4 is 30.1 Å². The molecule has 0 radical (unpaired) electrons. The molecule has 0 bridgehead atoms. The van der Waals surface area contributed by atoms with Crippen LogP contribution in [0.3, 0.4) is 0 Å². The lowest BCUT2D eigenvalue weighted by Crippen LogP contribution is -2.22. The Labute approximate surface area is 236 Å². The van der Waals surface area contributed by atoms with E-state index in [0.717, 1.165) is 52.8 Å². The highest BCUT2D eigenvalue weighted by Crippen LogP contribution is 2.36. The highest BCUT2D eigenvalue weighted by atomic mass is 35.5. The van der Waals surface area contributed by atoms with E-state index < -0.39 is 5.97 Å². The van der Waals surface area contributed by atoms with Gasteiger partial charge in [0.2, 0.25) is 0 Å². The van der Waals surface area contributed by atoms with E-state index in [0.29, 0.717) is 26.4 Å². The summed E-state index contributed by atoms with van der Waals surface area (Å²) in [5, 5.41) is 11.9. The van der Waals surface area contributed by atoms with Crippen molar-refractivity contribution in [1.29, 1.82) is 0 Å². The highest BCUT2D eigenvalue weighted by molar-refractivity contribution is 5.86. The third-order valence-electron chi connectivity index (χ3n) is 5.53. The number of halogens is 1. The Morgan fingerprint density at radius 3 is 2.05 bits per heavy atom. The number of rotatable bonds is 10. The normalized spacial score (nSPS) is 12.6. The van der Waals surface area contributed by atoms with Crippen LogP contribution in [0, 0.1) is 0 Å². The molecular weight excluding hydrogens is 520 g/mol. The standard InChI is InChI=1S/C24H31NO4.C6H5NO2.ClH/c1-5-26-21-10-9-17(14-22(21)27-6-2)13-20-19-16-24(29-8-4)23(28-7-3)15-18(19)11-12-25-20;8-6(9)5-3-1-2-4-7-5;/h9-10,13-16,25H,5-8,11-12H2,1-4H3;1-4H,(H,8,9);1H/b20-13-;;. The van der Waals surface area contributed by atoms with Crippen molar-refractivity contribution in [1.82, 2.24) is 10.3 Å². The highest BCUT2D eigenvalue weighted by Gasteiger charge is 2.19. The lowest BCUT2D eigenvalue weighted by molar-refractivity contribution is 0.0690. The van der Waals surface area contributed by atoms with Gasteiger partial charge in [-0.25, -0.2) is 9.78 Å². The molecule has 2 N–H and O–H groups in total. The smallest absolute Gasteiger partial charge is 0.354 e. The van der Waals surface area contributed by atoms with E-state index in [9.17, 15) is 4.79 Å². The van der Waals surface area contributed by atoms with Crippen molar-refractivity contribution in [3.8, 4) is 23.0 Å². The molecule has 0 atom stereocenters. The van der Waals surface area contributed by atoms with Gasteiger partial charge in [-0.2, -0.15) is 0 Å². The van der Waals surface area contributed by atoms with Crippen LogP contribution in [0.2, 0.25) is 0 Å². The van der Waals surface area contributed by atoms with E-state index in [1.54, 1.807) is 12.1 Å². The number of carboxylic acid groups (broad SMARTS) is 1. The number of fused-ring (bicyclic) bond motifs is 1. The molecule has 0 saturated carbocycles. The number of benzene rings is 2. The molecule has 0 saturated heterocycles. The quantitative estimate of drug-likeness (QED) is 0.308. The van der Waals surface area contributed by atoms with Crippen molar-refractivity contribution in [2.45, 2.75) is 34.1 Å². The first kappa shape index (κ1) is 31.3. The van der Waals surface area contributed by atoms with Crippen molar-refractivity contribution in [3.05, 3.63) is 77.1 Å². The third-order valence-corrected chi connectivity index (χ3v) is 5.53. The number of carbonyl (C=O) groups is 1. The molecule has 0 aliphatic carbocycles. The number of pyridine rings is 1. The van der Waals surface area contributed by atoms with Gasteiger partial charge in [-0.1, -0.05) is 12.1 Å². The van der Waals surface area contributed by atoms with Crippen LogP contribution < -0.4 is 24.3 Å². The summed E-state index contributed by atoms with van der Waals surface area (Å²) in [7, 11) is 0. The fourth-order valence-corrected chi connectivity index (χ4v) is 3.97. The van der Waals surface area contributed by atoms with Gasteiger partial charge in [0.15, 0.2) is 23.0 Å². The Hall–Kier alpha value is -3.91. The Morgan fingerprint density at radius 2 is 1.49 bits per heavy atom. The van der Waals surface area contributed by atoms with Crippen molar-refractivity contribution in [2.24, 2.45) is 0 Å². The predicted molar refractivity (Wildman–Crippen MR) is 156 cm³/mol. The lowest BCUT2D eigenvalue weighted by atomic mass is 9.96. The Kier molecular flexibility index (Phi) is 13.0. The first-order valence-corrected chi connectivity index (χ1v) is 12.9. The van der Waals surface area contributed by atoms with Crippen LogP contribution in [0.25, 0.3) is 11.8 Å². The van der Waals surface area contributed by atoms with Crippen LogP contribution in [0.5, 0.6) is 23.0 Å². The summed E-state index contributed by atoms with van der Waals surface area (Å²) < 4.78 is 23.1. The summed E-state index contributed by atoms with van der Waals surface area (Å²) >= 11 is 0. The number of nitrogens with one attached hydrogen (secondary N) is 1. The molecule has 210 valence electrons. The molecule has 0 fully saturated rings. The Bertz CT molecular complexity index is 1230. The minimum Gasteiger partial charge on any atom is -0.490 e. The molecule has 1 aliphatic rings. The number of aromatic carboxylic acids is 1. The molecule has 0 unspecified atom stereocenters. The van der Waals surface area contributed by atoms with Crippen LogP contribution in [-0.4, -0.2) is 49.0 Å². The largest absolute Gasteiger partial charge is 0.490 e. The summed E-state index contributed by atoms with van der Waals surface area (Å²) in [5.74, 6) is 2.14. The minimum atomic E-state index is -0.990. The molecule has 1 aromatic heterocycles. The van der Waals surface area contributed by atoms with E-state index in [1.807, 2.05) is 39.8 Å². The van der Waals surface area contributed by atoms with Crippen LogP contribution >= 0.6 is 12.4 Å². The summed E-state index contributed by atoms with van der Waals surface area (Å²) in [4.78, 5) is 13.7. The van der Waals surface area contributed by atoms with Gasteiger partial charge in [-0.15, -0.1) is 12.4 Å². The second-order valence-electron chi connectivity index (χ2n) is 8.15. The van der Waals surface area contributed by atoms with Crippen molar-refractivity contribution in [2.75, 3.05) is 33.0 Å². The second-order valence-corrected chi connectivity index (χ2v) is 8.15.